The van der Waals surface area contributed by atoms with Crippen molar-refractivity contribution in [3.8, 4) is 0 Å². The van der Waals surface area contributed by atoms with Crippen LogP contribution in [0.5, 0.6) is 0 Å². The van der Waals surface area contributed by atoms with Gasteiger partial charge in [-0.15, -0.1) is 0 Å². The van der Waals surface area contributed by atoms with Gasteiger partial charge in [-0.25, -0.2) is 9.97 Å². The Bertz CT molecular complexity index is 435. The molecule has 1 aromatic rings. The van der Waals surface area contributed by atoms with Gasteiger partial charge >= 0.3 is 0 Å². The molecule has 0 atom stereocenters. The zero-order valence-corrected chi connectivity index (χ0v) is 13.2. The van der Waals surface area contributed by atoms with Gasteiger partial charge in [-0.3, -0.25) is 4.79 Å². The van der Waals surface area contributed by atoms with Gasteiger partial charge in [0.2, 0.25) is 11.9 Å². The maximum absolute atomic E-state index is 12.1. The van der Waals surface area contributed by atoms with Crippen molar-refractivity contribution in [1.82, 2.24) is 20.2 Å². The summed E-state index contributed by atoms with van der Waals surface area (Å²) in [6.07, 6.45) is 5.01. The Kier molecular flexibility index (Phi) is 7.05. The molecule has 1 N–H and O–H groups in total. The van der Waals surface area contributed by atoms with Crippen LogP contribution in [0.15, 0.2) is 18.5 Å². The van der Waals surface area contributed by atoms with Crippen molar-refractivity contribution in [1.29, 1.82) is 0 Å². The van der Waals surface area contributed by atoms with Crippen molar-refractivity contribution in [2.45, 2.75) is 12.8 Å². The number of carbonyl (C=O) groups is 1. The summed E-state index contributed by atoms with van der Waals surface area (Å²) in [6, 6.07) is 1.81. The van der Waals surface area contributed by atoms with Crippen molar-refractivity contribution in [3.05, 3.63) is 18.5 Å². The van der Waals surface area contributed by atoms with Crippen molar-refractivity contribution < 1.29 is 9.53 Å². The quantitative estimate of drug-likeness (QED) is 0.689. The van der Waals surface area contributed by atoms with Crippen molar-refractivity contribution in [2.24, 2.45) is 0 Å². The molecule has 7 heteroatoms. The monoisotopic (exact) mass is 307 g/mol. The van der Waals surface area contributed by atoms with Crippen molar-refractivity contribution in [2.75, 3.05) is 57.9 Å². The smallest absolute Gasteiger partial charge is 0.225 e. The molecule has 0 aliphatic carbocycles. The maximum atomic E-state index is 12.1. The molecular formula is C15H25N5O2. The van der Waals surface area contributed by atoms with E-state index >= 15 is 0 Å². The van der Waals surface area contributed by atoms with E-state index in [1.54, 1.807) is 19.5 Å². The number of rotatable bonds is 8. The summed E-state index contributed by atoms with van der Waals surface area (Å²) in [6.45, 7) is 5.42. The fourth-order valence-corrected chi connectivity index (χ4v) is 2.43. The van der Waals surface area contributed by atoms with Crippen molar-refractivity contribution in [3.63, 3.8) is 0 Å². The highest BCUT2D eigenvalue weighted by Gasteiger charge is 2.21. The molecule has 1 aromatic heterocycles. The number of nitrogens with zero attached hydrogens (tertiary/aromatic N) is 4. The summed E-state index contributed by atoms with van der Waals surface area (Å²) in [5, 5.41) is 3.27. The number of carbonyl (C=O) groups excluding carboxylic acids is 1. The lowest BCUT2D eigenvalue weighted by Crippen LogP contribution is -2.49. The lowest BCUT2D eigenvalue weighted by molar-refractivity contribution is -0.131. The summed E-state index contributed by atoms with van der Waals surface area (Å²) in [7, 11) is 1.70. The molecule has 1 aliphatic rings. The van der Waals surface area contributed by atoms with Gasteiger partial charge in [-0.2, -0.15) is 0 Å². The number of hydrogen-bond acceptors (Lipinski definition) is 6. The van der Waals surface area contributed by atoms with E-state index in [1.165, 1.54) is 0 Å². The third-order valence-corrected chi connectivity index (χ3v) is 3.69. The second kappa shape index (κ2) is 9.32. The number of anilines is 1. The number of piperazine rings is 1. The van der Waals surface area contributed by atoms with Crippen LogP contribution in [0.25, 0.3) is 0 Å². The van der Waals surface area contributed by atoms with Crippen LogP contribution >= 0.6 is 0 Å². The van der Waals surface area contributed by atoms with Gasteiger partial charge in [-0.1, -0.05) is 0 Å². The Morgan fingerprint density at radius 3 is 2.64 bits per heavy atom. The minimum Gasteiger partial charge on any atom is -0.385 e. The average molecular weight is 307 g/mol. The second-order valence-corrected chi connectivity index (χ2v) is 5.26. The molecule has 122 valence electrons. The number of hydrogen-bond donors (Lipinski definition) is 1. The Morgan fingerprint density at radius 1 is 1.23 bits per heavy atom. The van der Waals surface area contributed by atoms with E-state index in [4.69, 9.17) is 4.74 Å². The molecule has 7 nitrogen and oxygen atoms in total. The van der Waals surface area contributed by atoms with Gasteiger partial charge in [0.05, 0.1) is 0 Å². The summed E-state index contributed by atoms with van der Waals surface area (Å²) < 4.78 is 4.98. The molecule has 1 amide bonds. The first kappa shape index (κ1) is 16.6. The number of amides is 1. The summed E-state index contributed by atoms with van der Waals surface area (Å²) in [4.78, 5) is 24.7. The fraction of sp³-hybridized carbons (Fsp3) is 0.667. The van der Waals surface area contributed by atoms with Gasteiger partial charge in [-0.05, 0) is 19.0 Å². The number of methoxy groups -OCH3 is 1. The fourth-order valence-electron chi connectivity index (χ4n) is 2.43. The van der Waals surface area contributed by atoms with E-state index in [0.717, 1.165) is 58.2 Å². The Morgan fingerprint density at radius 2 is 1.95 bits per heavy atom. The van der Waals surface area contributed by atoms with E-state index in [0.29, 0.717) is 6.42 Å². The number of aromatic nitrogens is 2. The molecule has 22 heavy (non-hydrogen) atoms. The molecule has 1 fully saturated rings. The van der Waals surface area contributed by atoms with Crippen LogP contribution in [-0.2, 0) is 9.53 Å². The highest BCUT2D eigenvalue weighted by molar-refractivity contribution is 5.76. The third-order valence-electron chi connectivity index (χ3n) is 3.69. The lowest BCUT2D eigenvalue weighted by Gasteiger charge is -2.34. The van der Waals surface area contributed by atoms with E-state index in [2.05, 4.69) is 20.2 Å². The van der Waals surface area contributed by atoms with Crippen LogP contribution in [0.2, 0.25) is 0 Å². The second-order valence-electron chi connectivity index (χ2n) is 5.26. The SMILES string of the molecule is COCCCNCCC(=O)N1CCN(c2ncccn2)CC1. The van der Waals surface area contributed by atoms with Gasteiger partial charge in [0.15, 0.2) is 0 Å². The topological polar surface area (TPSA) is 70.6 Å². The van der Waals surface area contributed by atoms with Crippen LogP contribution in [0.1, 0.15) is 12.8 Å². The van der Waals surface area contributed by atoms with Crippen molar-refractivity contribution >= 4 is 11.9 Å². The Hall–Kier alpha value is -1.73. The van der Waals surface area contributed by atoms with E-state index in [9.17, 15) is 4.79 Å². The standard InChI is InChI=1S/C15H25N5O2/c1-22-13-3-5-16-8-4-14(21)19-9-11-20(12-10-19)15-17-6-2-7-18-15/h2,6-7,16H,3-5,8-13H2,1H3. The predicted molar refractivity (Wildman–Crippen MR) is 84.8 cm³/mol. The van der Waals surface area contributed by atoms with Gasteiger partial charge in [0.1, 0.15) is 0 Å². The zero-order chi connectivity index (χ0) is 15.6. The highest BCUT2D eigenvalue weighted by atomic mass is 16.5. The van der Waals surface area contributed by atoms with E-state index < -0.39 is 0 Å². The van der Waals surface area contributed by atoms with Crippen LogP contribution in [0, 0.1) is 0 Å². The van der Waals surface area contributed by atoms with Gasteiger partial charge < -0.3 is 19.9 Å². The first-order valence-corrected chi connectivity index (χ1v) is 7.80. The van der Waals surface area contributed by atoms with Crippen LogP contribution in [0.3, 0.4) is 0 Å². The summed E-state index contributed by atoms with van der Waals surface area (Å²) in [5.74, 6) is 0.960. The minimum atomic E-state index is 0.216. The Balaban J connectivity index is 1.63. The predicted octanol–water partition coefficient (Wildman–Crippen LogP) is 0.141. The molecule has 0 unspecified atom stereocenters. The van der Waals surface area contributed by atoms with Gasteiger partial charge in [0.25, 0.3) is 0 Å². The molecule has 0 bridgehead atoms. The molecule has 1 saturated heterocycles. The molecule has 0 radical (unpaired) electrons. The van der Waals surface area contributed by atoms with E-state index in [1.807, 2.05) is 11.0 Å². The van der Waals surface area contributed by atoms with Crippen LogP contribution in [0.4, 0.5) is 5.95 Å². The van der Waals surface area contributed by atoms with Crippen LogP contribution < -0.4 is 10.2 Å². The average Bonchev–Trinajstić information content (AvgIpc) is 2.59. The molecular weight excluding hydrogens is 282 g/mol. The first-order chi connectivity index (χ1) is 10.8. The molecule has 0 aromatic carbocycles. The molecule has 0 spiro atoms. The molecule has 2 rings (SSSR count). The Labute approximate surface area is 131 Å². The number of ether oxygens (including phenoxy) is 1. The molecule has 1 aliphatic heterocycles. The lowest BCUT2D eigenvalue weighted by atomic mass is 10.2. The molecule has 0 saturated carbocycles. The largest absolute Gasteiger partial charge is 0.385 e. The van der Waals surface area contributed by atoms with Crippen LogP contribution in [-0.4, -0.2) is 73.8 Å². The minimum absolute atomic E-state index is 0.216. The summed E-state index contributed by atoms with van der Waals surface area (Å²) >= 11 is 0. The first-order valence-electron chi connectivity index (χ1n) is 7.80. The molecule has 2 heterocycles. The number of nitrogens with one attached hydrogen (secondary N) is 1. The van der Waals surface area contributed by atoms with E-state index in [-0.39, 0.29) is 5.91 Å². The normalized spacial score (nSPS) is 15.1. The highest BCUT2D eigenvalue weighted by Crippen LogP contribution is 2.10. The third kappa shape index (κ3) is 5.23. The summed E-state index contributed by atoms with van der Waals surface area (Å²) in [5.41, 5.74) is 0. The van der Waals surface area contributed by atoms with Gasteiger partial charge in [0, 0.05) is 65.3 Å². The zero-order valence-electron chi connectivity index (χ0n) is 13.2. The maximum Gasteiger partial charge on any atom is 0.225 e.